The third kappa shape index (κ3) is 3.68. The zero-order chi connectivity index (χ0) is 9.40. The van der Waals surface area contributed by atoms with Gasteiger partial charge in [-0.1, -0.05) is 0 Å². The molecule has 2 nitrogen and oxygen atoms in total. The summed E-state index contributed by atoms with van der Waals surface area (Å²) in [6, 6.07) is 0. The van der Waals surface area contributed by atoms with Crippen molar-refractivity contribution in [2.24, 2.45) is 0 Å². The molecule has 0 N–H and O–H groups in total. The fourth-order valence-electron chi connectivity index (χ4n) is 0.810. The molecule has 0 aliphatic rings. The number of rotatable bonds is 3. The van der Waals surface area contributed by atoms with Crippen LogP contribution in [0.5, 0.6) is 0 Å². The Morgan fingerprint density at radius 2 is 2.25 bits per heavy atom. The van der Waals surface area contributed by atoms with E-state index in [0.717, 1.165) is 0 Å². The Hall–Kier alpha value is -1.41. The molecular weight excluding hydrogens is 150 g/mol. The molecule has 0 radical (unpaired) electrons. The van der Waals surface area contributed by atoms with Crippen LogP contribution in [0, 0.1) is 24.2 Å². The molecule has 0 aromatic heterocycles. The van der Waals surface area contributed by atoms with Crippen molar-refractivity contribution < 1.29 is 4.79 Å². The molecule has 0 aromatic carbocycles. The lowest BCUT2D eigenvalue weighted by Crippen LogP contribution is -2.30. The van der Waals surface area contributed by atoms with E-state index in [1.165, 1.54) is 0 Å². The highest BCUT2D eigenvalue weighted by Gasteiger charge is 2.05. The van der Waals surface area contributed by atoms with Crippen molar-refractivity contribution in [1.29, 1.82) is 0 Å². The van der Waals surface area contributed by atoms with Gasteiger partial charge < -0.3 is 4.90 Å². The van der Waals surface area contributed by atoms with E-state index in [9.17, 15) is 4.79 Å². The first-order chi connectivity index (χ1) is 5.76. The average molecular weight is 163 g/mol. The molecule has 1 amide bonds. The molecule has 0 unspecified atom stereocenters. The summed E-state index contributed by atoms with van der Waals surface area (Å²) >= 11 is 0. The number of hydrogen-bond donors (Lipinski definition) is 0. The highest BCUT2D eigenvalue weighted by atomic mass is 16.2. The van der Waals surface area contributed by atoms with E-state index in [1.54, 1.807) is 11.8 Å². The van der Waals surface area contributed by atoms with E-state index < -0.39 is 0 Å². The molecule has 0 saturated carbocycles. The molecule has 0 rings (SSSR count). The number of hydrogen-bond acceptors (Lipinski definition) is 1. The summed E-state index contributed by atoms with van der Waals surface area (Å²) < 4.78 is 0. The SMILES string of the molecule is C#CC(=O)N(CC)CCC#CC. The second kappa shape index (κ2) is 6.31. The monoisotopic (exact) mass is 163 g/mol. The average Bonchev–Trinajstić information content (AvgIpc) is 2.11. The Kier molecular flexibility index (Phi) is 5.57. The van der Waals surface area contributed by atoms with E-state index in [-0.39, 0.29) is 5.91 Å². The Morgan fingerprint density at radius 1 is 1.58 bits per heavy atom. The minimum Gasteiger partial charge on any atom is -0.331 e. The van der Waals surface area contributed by atoms with E-state index in [1.807, 2.05) is 6.92 Å². The number of amides is 1. The van der Waals surface area contributed by atoms with Crippen molar-refractivity contribution in [2.75, 3.05) is 13.1 Å². The first-order valence-electron chi connectivity index (χ1n) is 3.91. The lowest BCUT2D eigenvalue weighted by molar-refractivity contribution is -0.124. The van der Waals surface area contributed by atoms with Crippen LogP contribution in [0.4, 0.5) is 0 Å². The summed E-state index contributed by atoms with van der Waals surface area (Å²) in [5.41, 5.74) is 0. The summed E-state index contributed by atoms with van der Waals surface area (Å²) in [6.45, 7) is 4.95. The van der Waals surface area contributed by atoms with Crippen molar-refractivity contribution in [3.05, 3.63) is 0 Å². The van der Waals surface area contributed by atoms with Gasteiger partial charge >= 0.3 is 0 Å². The fraction of sp³-hybridized carbons (Fsp3) is 0.500. The van der Waals surface area contributed by atoms with Gasteiger partial charge in [0.15, 0.2) is 0 Å². The standard InChI is InChI=1S/C10H13NO/c1-4-7-8-9-11(6-3)10(12)5-2/h2H,6,8-9H2,1,3H3. The first-order valence-corrected chi connectivity index (χ1v) is 3.91. The van der Waals surface area contributed by atoms with E-state index in [2.05, 4.69) is 17.8 Å². The van der Waals surface area contributed by atoms with Crippen molar-refractivity contribution in [3.8, 4) is 24.2 Å². The van der Waals surface area contributed by atoms with Gasteiger partial charge in [-0.3, -0.25) is 4.79 Å². The molecule has 0 aliphatic heterocycles. The summed E-state index contributed by atoms with van der Waals surface area (Å²) in [6.07, 6.45) is 5.67. The lowest BCUT2D eigenvalue weighted by atomic mass is 10.3. The van der Waals surface area contributed by atoms with Crippen LogP contribution in [-0.2, 0) is 4.79 Å². The van der Waals surface area contributed by atoms with Crippen LogP contribution < -0.4 is 0 Å². The molecule has 0 atom stereocenters. The predicted octanol–water partition coefficient (Wildman–Crippen LogP) is 0.882. The summed E-state index contributed by atoms with van der Waals surface area (Å²) in [5.74, 6) is 7.47. The molecule has 0 spiro atoms. The molecule has 0 aliphatic carbocycles. The van der Waals surface area contributed by atoms with Gasteiger partial charge in [-0.2, -0.15) is 0 Å². The van der Waals surface area contributed by atoms with Crippen molar-refractivity contribution in [2.45, 2.75) is 20.3 Å². The molecule has 0 aromatic rings. The molecule has 2 heteroatoms. The topological polar surface area (TPSA) is 20.3 Å². The third-order valence-electron chi connectivity index (χ3n) is 1.48. The van der Waals surface area contributed by atoms with Crippen molar-refractivity contribution in [3.63, 3.8) is 0 Å². The van der Waals surface area contributed by atoms with Gasteiger partial charge in [0.2, 0.25) is 0 Å². The summed E-state index contributed by atoms with van der Waals surface area (Å²) in [7, 11) is 0. The fourth-order valence-corrected chi connectivity index (χ4v) is 0.810. The number of carbonyl (C=O) groups excluding carboxylic acids is 1. The maximum absolute atomic E-state index is 11.0. The van der Waals surface area contributed by atoms with Gasteiger partial charge in [0, 0.05) is 19.5 Å². The van der Waals surface area contributed by atoms with Crippen LogP contribution in [0.25, 0.3) is 0 Å². The number of terminal acetylenes is 1. The number of carbonyl (C=O) groups is 1. The minimum atomic E-state index is -0.254. The maximum Gasteiger partial charge on any atom is 0.298 e. The molecule has 12 heavy (non-hydrogen) atoms. The largest absolute Gasteiger partial charge is 0.331 e. The van der Waals surface area contributed by atoms with Gasteiger partial charge in [-0.05, 0) is 19.8 Å². The van der Waals surface area contributed by atoms with Gasteiger partial charge in [-0.15, -0.1) is 18.3 Å². The van der Waals surface area contributed by atoms with Gasteiger partial charge in [0.05, 0.1) is 0 Å². The van der Waals surface area contributed by atoms with Gasteiger partial charge in [0.1, 0.15) is 0 Å². The quantitative estimate of drug-likeness (QED) is 0.566. The second-order valence-electron chi connectivity index (χ2n) is 2.21. The number of nitrogens with zero attached hydrogens (tertiary/aromatic N) is 1. The molecule has 0 bridgehead atoms. The Morgan fingerprint density at radius 3 is 2.67 bits per heavy atom. The maximum atomic E-state index is 11.0. The highest BCUT2D eigenvalue weighted by Crippen LogP contribution is 1.90. The minimum absolute atomic E-state index is 0.254. The normalized spacial score (nSPS) is 7.75. The Balaban J connectivity index is 3.90. The van der Waals surface area contributed by atoms with Crippen molar-refractivity contribution in [1.82, 2.24) is 4.90 Å². The van der Waals surface area contributed by atoms with Gasteiger partial charge in [0.25, 0.3) is 5.91 Å². The smallest absolute Gasteiger partial charge is 0.298 e. The van der Waals surface area contributed by atoms with E-state index in [4.69, 9.17) is 6.42 Å². The van der Waals surface area contributed by atoms with Crippen LogP contribution in [0.1, 0.15) is 20.3 Å². The van der Waals surface area contributed by atoms with Crippen molar-refractivity contribution >= 4 is 5.91 Å². The Bertz CT molecular complexity index is 239. The highest BCUT2D eigenvalue weighted by molar-refractivity contribution is 5.92. The molecule has 0 saturated heterocycles. The van der Waals surface area contributed by atoms with Crippen LogP contribution in [0.3, 0.4) is 0 Å². The zero-order valence-corrected chi connectivity index (χ0v) is 7.55. The van der Waals surface area contributed by atoms with E-state index in [0.29, 0.717) is 19.5 Å². The van der Waals surface area contributed by atoms with Gasteiger partial charge in [-0.25, -0.2) is 0 Å². The molecule has 0 heterocycles. The Labute approximate surface area is 73.9 Å². The lowest BCUT2D eigenvalue weighted by Gasteiger charge is -2.15. The van der Waals surface area contributed by atoms with Crippen LogP contribution >= 0.6 is 0 Å². The van der Waals surface area contributed by atoms with E-state index >= 15 is 0 Å². The van der Waals surface area contributed by atoms with Crippen LogP contribution in [0.15, 0.2) is 0 Å². The first kappa shape index (κ1) is 10.6. The third-order valence-corrected chi connectivity index (χ3v) is 1.48. The van der Waals surface area contributed by atoms with Crippen LogP contribution in [-0.4, -0.2) is 23.9 Å². The molecule has 64 valence electrons. The second-order valence-corrected chi connectivity index (χ2v) is 2.21. The molecule has 0 fully saturated rings. The predicted molar refractivity (Wildman–Crippen MR) is 49.2 cm³/mol. The molecular formula is C10H13NO. The summed E-state index contributed by atoms with van der Waals surface area (Å²) in [5, 5.41) is 0. The zero-order valence-electron chi connectivity index (χ0n) is 7.55. The van der Waals surface area contributed by atoms with Crippen LogP contribution in [0.2, 0.25) is 0 Å². The summed E-state index contributed by atoms with van der Waals surface area (Å²) in [4.78, 5) is 12.6.